The maximum absolute atomic E-state index is 11.4. The van der Waals surface area contributed by atoms with E-state index in [0.29, 0.717) is 6.54 Å². The van der Waals surface area contributed by atoms with Crippen molar-refractivity contribution in [2.45, 2.75) is 13.1 Å². The molecule has 2 aromatic heterocycles. The average Bonchev–Trinajstić information content (AvgIpc) is 2.83. The van der Waals surface area contributed by atoms with Gasteiger partial charge in [-0.15, -0.1) is 5.10 Å². The fourth-order valence-corrected chi connectivity index (χ4v) is 1.27. The molecule has 2 aromatic rings. The number of nitrogens with zero attached hydrogens (tertiary/aromatic N) is 5. The molecule has 0 N–H and O–H groups in total. The Labute approximate surface area is 97.6 Å². The Balaban J connectivity index is 1.71. The van der Waals surface area contributed by atoms with Gasteiger partial charge in [-0.25, -0.2) is 9.48 Å². The van der Waals surface area contributed by atoms with Crippen LogP contribution in [0, 0.1) is 0 Å². The van der Waals surface area contributed by atoms with E-state index in [9.17, 15) is 4.79 Å². The summed E-state index contributed by atoms with van der Waals surface area (Å²) in [5.74, 6) is -0.283. The first kappa shape index (κ1) is 11.2. The molecular formula is C10H12N5O2+. The van der Waals surface area contributed by atoms with E-state index in [4.69, 9.17) is 4.74 Å². The van der Waals surface area contributed by atoms with E-state index in [-0.39, 0.29) is 19.1 Å². The standard InChI is InChI=1S/C10H12N5O2/c16-10(8-14-4-2-1-3-5-14)17-7-6-15-9-11-12-13-15/h1-5,9H,6-8H2/q+1. The lowest BCUT2D eigenvalue weighted by atomic mass is 10.5. The molecule has 2 heterocycles. The summed E-state index contributed by atoms with van der Waals surface area (Å²) in [6, 6.07) is 5.60. The number of tetrazole rings is 1. The molecule has 17 heavy (non-hydrogen) atoms. The van der Waals surface area contributed by atoms with Gasteiger partial charge >= 0.3 is 5.97 Å². The lowest BCUT2D eigenvalue weighted by molar-refractivity contribution is -0.686. The monoisotopic (exact) mass is 234 g/mol. The molecular weight excluding hydrogens is 222 g/mol. The van der Waals surface area contributed by atoms with Gasteiger partial charge in [0.2, 0.25) is 6.54 Å². The number of carbonyl (C=O) groups excluding carboxylic acids is 1. The van der Waals surface area contributed by atoms with E-state index in [0.717, 1.165) is 0 Å². The van der Waals surface area contributed by atoms with Crippen LogP contribution in [-0.4, -0.2) is 32.8 Å². The number of esters is 1. The number of carbonyl (C=O) groups is 1. The highest BCUT2D eigenvalue weighted by molar-refractivity contribution is 5.67. The molecule has 0 aliphatic heterocycles. The molecule has 0 saturated heterocycles. The molecule has 0 fully saturated rings. The van der Waals surface area contributed by atoms with Crippen LogP contribution < -0.4 is 4.57 Å². The van der Waals surface area contributed by atoms with E-state index in [1.807, 2.05) is 30.6 Å². The highest BCUT2D eigenvalue weighted by atomic mass is 16.5. The molecule has 0 spiro atoms. The van der Waals surface area contributed by atoms with Crippen LogP contribution in [0.2, 0.25) is 0 Å². The van der Waals surface area contributed by atoms with Crippen LogP contribution in [0.5, 0.6) is 0 Å². The van der Waals surface area contributed by atoms with Gasteiger partial charge in [0.05, 0.1) is 6.54 Å². The predicted octanol–water partition coefficient (Wildman–Crippen LogP) is -0.796. The molecule has 0 amide bonds. The van der Waals surface area contributed by atoms with Crippen molar-refractivity contribution in [1.82, 2.24) is 20.2 Å². The molecule has 0 aliphatic rings. The molecule has 0 atom stereocenters. The Hall–Kier alpha value is -2.31. The van der Waals surface area contributed by atoms with Gasteiger partial charge in [-0.1, -0.05) is 6.07 Å². The van der Waals surface area contributed by atoms with Crippen LogP contribution in [-0.2, 0) is 22.6 Å². The van der Waals surface area contributed by atoms with Crippen molar-refractivity contribution < 1.29 is 14.1 Å². The first-order chi connectivity index (χ1) is 8.34. The second kappa shape index (κ2) is 5.69. The Morgan fingerprint density at radius 3 is 2.82 bits per heavy atom. The summed E-state index contributed by atoms with van der Waals surface area (Å²) in [6.07, 6.45) is 5.09. The Morgan fingerprint density at radius 1 is 1.29 bits per heavy atom. The van der Waals surface area contributed by atoms with Gasteiger partial charge in [-0.3, -0.25) is 0 Å². The zero-order valence-corrected chi connectivity index (χ0v) is 9.14. The van der Waals surface area contributed by atoms with E-state index >= 15 is 0 Å². The predicted molar refractivity (Wildman–Crippen MR) is 55.4 cm³/mol. The average molecular weight is 234 g/mol. The number of hydrogen-bond acceptors (Lipinski definition) is 5. The number of rotatable bonds is 5. The van der Waals surface area contributed by atoms with Crippen LogP contribution in [0.3, 0.4) is 0 Å². The van der Waals surface area contributed by atoms with Crippen LogP contribution >= 0.6 is 0 Å². The normalized spacial score (nSPS) is 10.1. The highest BCUT2D eigenvalue weighted by Crippen LogP contribution is 1.84. The van der Waals surface area contributed by atoms with Gasteiger partial charge in [0.1, 0.15) is 12.9 Å². The molecule has 0 radical (unpaired) electrons. The number of hydrogen-bond donors (Lipinski definition) is 0. The Kier molecular flexibility index (Phi) is 3.74. The number of aromatic nitrogens is 5. The van der Waals surface area contributed by atoms with Gasteiger partial charge < -0.3 is 4.74 Å². The fourth-order valence-electron chi connectivity index (χ4n) is 1.27. The molecule has 88 valence electrons. The third kappa shape index (κ3) is 3.63. The second-order valence-corrected chi connectivity index (χ2v) is 3.34. The molecule has 2 rings (SSSR count). The van der Waals surface area contributed by atoms with Crippen molar-refractivity contribution >= 4 is 5.97 Å². The Morgan fingerprint density at radius 2 is 2.12 bits per heavy atom. The molecule has 0 bridgehead atoms. The van der Waals surface area contributed by atoms with Crippen molar-refractivity contribution in [3.8, 4) is 0 Å². The first-order valence-corrected chi connectivity index (χ1v) is 5.15. The molecule has 7 nitrogen and oxygen atoms in total. The number of pyridine rings is 1. The summed E-state index contributed by atoms with van der Waals surface area (Å²) < 4.78 is 8.30. The smallest absolute Gasteiger partial charge is 0.372 e. The molecule has 0 unspecified atom stereocenters. The largest absolute Gasteiger partial charge is 0.459 e. The zero-order chi connectivity index (χ0) is 11.9. The minimum absolute atomic E-state index is 0.205. The molecule has 0 aliphatic carbocycles. The van der Waals surface area contributed by atoms with E-state index < -0.39 is 0 Å². The molecule has 0 aromatic carbocycles. The zero-order valence-electron chi connectivity index (χ0n) is 9.14. The number of ether oxygens (including phenoxy) is 1. The Bertz CT molecular complexity index is 457. The summed E-state index contributed by atoms with van der Waals surface area (Å²) >= 11 is 0. The van der Waals surface area contributed by atoms with E-state index in [1.165, 1.54) is 11.0 Å². The third-order valence-electron chi connectivity index (χ3n) is 2.06. The summed E-state index contributed by atoms with van der Waals surface area (Å²) in [7, 11) is 0. The molecule has 0 saturated carbocycles. The maximum atomic E-state index is 11.4. The summed E-state index contributed by atoms with van der Waals surface area (Å²) in [5.41, 5.74) is 0. The van der Waals surface area contributed by atoms with Crippen LogP contribution in [0.4, 0.5) is 0 Å². The molecule has 7 heteroatoms. The van der Waals surface area contributed by atoms with E-state index in [2.05, 4.69) is 15.5 Å². The van der Waals surface area contributed by atoms with Gasteiger partial charge in [0, 0.05) is 12.1 Å². The van der Waals surface area contributed by atoms with Crippen LogP contribution in [0.15, 0.2) is 36.9 Å². The maximum Gasteiger partial charge on any atom is 0.372 e. The minimum atomic E-state index is -0.283. The summed E-state index contributed by atoms with van der Waals surface area (Å²) in [4.78, 5) is 11.4. The third-order valence-corrected chi connectivity index (χ3v) is 2.06. The van der Waals surface area contributed by atoms with Crippen LogP contribution in [0.1, 0.15) is 0 Å². The van der Waals surface area contributed by atoms with Crippen LogP contribution in [0.25, 0.3) is 0 Å². The van der Waals surface area contributed by atoms with Crippen molar-refractivity contribution in [1.29, 1.82) is 0 Å². The summed E-state index contributed by atoms with van der Waals surface area (Å²) in [5, 5.41) is 10.6. The van der Waals surface area contributed by atoms with Crippen molar-refractivity contribution in [2.75, 3.05) is 6.61 Å². The van der Waals surface area contributed by atoms with Gasteiger partial charge in [-0.2, -0.15) is 4.57 Å². The minimum Gasteiger partial charge on any atom is -0.459 e. The topological polar surface area (TPSA) is 73.8 Å². The second-order valence-electron chi connectivity index (χ2n) is 3.34. The highest BCUT2D eigenvalue weighted by Gasteiger charge is 2.09. The first-order valence-electron chi connectivity index (χ1n) is 5.15. The van der Waals surface area contributed by atoms with Crippen molar-refractivity contribution in [2.24, 2.45) is 0 Å². The lowest BCUT2D eigenvalue weighted by Crippen LogP contribution is -2.37. The van der Waals surface area contributed by atoms with Gasteiger partial charge in [-0.05, 0) is 10.4 Å². The van der Waals surface area contributed by atoms with Crippen molar-refractivity contribution in [3.05, 3.63) is 36.9 Å². The lowest BCUT2D eigenvalue weighted by Gasteiger charge is -2.01. The quantitative estimate of drug-likeness (QED) is 0.500. The van der Waals surface area contributed by atoms with Gasteiger partial charge in [0.25, 0.3) is 0 Å². The van der Waals surface area contributed by atoms with Crippen molar-refractivity contribution in [3.63, 3.8) is 0 Å². The van der Waals surface area contributed by atoms with E-state index in [1.54, 1.807) is 4.57 Å². The summed E-state index contributed by atoms with van der Waals surface area (Å²) in [6.45, 7) is 0.923. The SMILES string of the molecule is O=C(C[n+]1ccccc1)OCCn1cnnn1. The van der Waals surface area contributed by atoms with Gasteiger partial charge in [0.15, 0.2) is 12.4 Å². The fraction of sp³-hybridized carbons (Fsp3) is 0.300.